The number of amides is 1. The van der Waals surface area contributed by atoms with E-state index in [1.54, 1.807) is 42.5 Å². The van der Waals surface area contributed by atoms with Crippen LogP contribution in [0.3, 0.4) is 0 Å². The molecule has 0 saturated carbocycles. The Morgan fingerprint density at radius 3 is 2.30 bits per heavy atom. The van der Waals surface area contributed by atoms with E-state index < -0.39 is 0 Å². The molecular weight excluding hydrogens is 297 g/mol. The van der Waals surface area contributed by atoms with Gasteiger partial charge in [0.1, 0.15) is 0 Å². The van der Waals surface area contributed by atoms with Gasteiger partial charge in [0.2, 0.25) is 5.91 Å². The van der Waals surface area contributed by atoms with Gasteiger partial charge in [0, 0.05) is 23.1 Å². The third-order valence-electron chi connectivity index (χ3n) is 2.57. The largest absolute Gasteiger partial charge is 0.326 e. The maximum atomic E-state index is 12.4. The molecule has 0 atom stereocenters. The molecule has 0 aliphatic carbocycles. The molecule has 0 fully saturated rings. The molecule has 0 unspecified atom stereocenters. The average molecular weight is 310 g/mol. The second kappa shape index (κ2) is 7.08. The number of carbonyl (C=O) groups excluding carboxylic acids is 2. The zero-order chi connectivity index (χ0) is 13.8. The van der Waals surface area contributed by atoms with Crippen molar-refractivity contribution in [1.29, 1.82) is 0 Å². The summed E-state index contributed by atoms with van der Waals surface area (Å²) in [6, 6.07) is 13.7. The smallest absolute Gasteiger partial charge is 0.221 e. The molecule has 0 spiro atoms. The molecule has 3 nitrogen and oxygen atoms in total. The maximum Gasteiger partial charge on any atom is 0.221 e. The highest BCUT2D eigenvalue weighted by Gasteiger charge is 2.14. The first kappa shape index (κ1) is 16.2. The Kier molecular flexibility index (Phi) is 5.74. The number of halogens is 2. The summed E-state index contributed by atoms with van der Waals surface area (Å²) < 4.78 is 0. The minimum Gasteiger partial charge on any atom is -0.326 e. The van der Waals surface area contributed by atoms with Gasteiger partial charge >= 0.3 is 0 Å². The highest BCUT2D eigenvalue weighted by molar-refractivity contribution is 6.31. The molecule has 2 rings (SSSR count). The monoisotopic (exact) mass is 309 g/mol. The van der Waals surface area contributed by atoms with Crippen LogP contribution in [0.15, 0.2) is 48.5 Å². The van der Waals surface area contributed by atoms with Gasteiger partial charge in [-0.2, -0.15) is 0 Å². The highest BCUT2D eigenvalue weighted by Crippen LogP contribution is 2.23. The molecule has 0 aromatic heterocycles. The van der Waals surface area contributed by atoms with E-state index in [1.165, 1.54) is 6.92 Å². The molecule has 0 aliphatic heterocycles. The van der Waals surface area contributed by atoms with Crippen molar-refractivity contribution < 1.29 is 9.59 Å². The third kappa shape index (κ3) is 3.83. The lowest BCUT2D eigenvalue weighted by molar-refractivity contribution is -0.114. The summed E-state index contributed by atoms with van der Waals surface area (Å²) in [5.41, 5.74) is 1.40. The SMILES string of the molecule is CC(=O)Nc1ccc(Cl)cc1C(=O)c1ccccc1.Cl. The number of hydrogen-bond donors (Lipinski definition) is 1. The van der Waals surface area contributed by atoms with Crippen LogP contribution in [0.5, 0.6) is 0 Å². The van der Waals surface area contributed by atoms with E-state index in [1.807, 2.05) is 6.07 Å². The van der Waals surface area contributed by atoms with Crippen LogP contribution in [0.1, 0.15) is 22.8 Å². The van der Waals surface area contributed by atoms with Crippen LogP contribution in [0.2, 0.25) is 5.02 Å². The highest BCUT2D eigenvalue weighted by atomic mass is 35.5. The molecule has 0 aliphatic rings. The van der Waals surface area contributed by atoms with Crippen molar-refractivity contribution in [3.8, 4) is 0 Å². The first-order valence-corrected chi connectivity index (χ1v) is 6.12. The number of anilines is 1. The fraction of sp³-hybridized carbons (Fsp3) is 0.0667. The van der Waals surface area contributed by atoms with Crippen molar-refractivity contribution in [3.05, 3.63) is 64.7 Å². The van der Waals surface area contributed by atoms with Gasteiger partial charge in [0.25, 0.3) is 0 Å². The number of hydrogen-bond acceptors (Lipinski definition) is 2. The normalized spacial score (nSPS) is 9.50. The number of benzene rings is 2. The molecule has 2 aromatic rings. The standard InChI is InChI=1S/C15H12ClNO2.ClH/c1-10(18)17-14-8-7-12(16)9-13(14)15(19)11-5-3-2-4-6-11;/h2-9H,1H3,(H,17,18);1H. The van der Waals surface area contributed by atoms with Gasteiger partial charge in [-0.25, -0.2) is 0 Å². The maximum absolute atomic E-state index is 12.4. The van der Waals surface area contributed by atoms with Gasteiger partial charge in [-0.3, -0.25) is 9.59 Å². The number of ketones is 1. The van der Waals surface area contributed by atoms with Gasteiger partial charge in [-0.1, -0.05) is 41.9 Å². The number of nitrogens with one attached hydrogen (secondary N) is 1. The van der Waals surface area contributed by atoms with E-state index in [0.717, 1.165) is 0 Å². The molecule has 1 amide bonds. The van der Waals surface area contributed by atoms with Crippen LogP contribution in [0.25, 0.3) is 0 Å². The molecule has 0 radical (unpaired) electrons. The van der Waals surface area contributed by atoms with Crippen LogP contribution in [-0.4, -0.2) is 11.7 Å². The van der Waals surface area contributed by atoms with Crippen molar-refractivity contribution >= 4 is 41.4 Å². The Morgan fingerprint density at radius 1 is 1.05 bits per heavy atom. The summed E-state index contributed by atoms with van der Waals surface area (Å²) in [5, 5.41) is 3.09. The third-order valence-corrected chi connectivity index (χ3v) is 2.81. The Balaban J connectivity index is 0.00000200. The lowest BCUT2D eigenvalue weighted by Crippen LogP contribution is -2.11. The Morgan fingerprint density at radius 2 is 1.70 bits per heavy atom. The molecule has 2 aromatic carbocycles. The molecule has 1 N–H and O–H groups in total. The molecule has 0 saturated heterocycles. The van der Waals surface area contributed by atoms with Crippen molar-refractivity contribution in [3.63, 3.8) is 0 Å². The van der Waals surface area contributed by atoms with Gasteiger partial charge < -0.3 is 5.32 Å². The first-order valence-electron chi connectivity index (χ1n) is 5.75. The van der Waals surface area contributed by atoms with E-state index in [0.29, 0.717) is 21.8 Å². The lowest BCUT2D eigenvalue weighted by atomic mass is 10.0. The molecular formula is C15H13Cl2NO2. The minimum absolute atomic E-state index is 0. The van der Waals surface area contributed by atoms with Crippen LogP contribution >= 0.6 is 24.0 Å². The van der Waals surface area contributed by atoms with E-state index >= 15 is 0 Å². The summed E-state index contributed by atoms with van der Waals surface area (Å²) >= 11 is 5.92. The molecule has 0 heterocycles. The summed E-state index contributed by atoms with van der Waals surface area (Å²) in [4.78, 5) is 23.5. The second-order valence-corrected chi connectivity index (χ2v) is 4.50. The molecule has 104 valence electrons. The summed E-state index contributed by atoms with van der Waals surface area (Å²) in [7, 11) is 0. The minimum atomic E-state index is -0.232. The quantitative estimate of drug-likeness (QED) is 0.873. The molecule has 0 bridgehead atoms. The van der Waals surface area contributed by atoms with Gasteiger partial charge in [0.15, 0.2) is 5.78 Å². The van der Waals surface area contributed by atoms with Crippen molar-refractivity contribution in [2.24, 2.45) is 0 Å². The zero-order valence-electron chi connectivity index (χ0n) is 10.7. The number of carbonyl (C=O) groups is 2. The molecule has 20 heavy (non-hydrogen) atoms. The second-order valence-electron chi connectivity index (χ2n) is 4.07. The Bertz CT molecular complexity index is 627. The average Bonchev–Trinajstić information content (AvgIpc) is 2.40. The van der Waals surface area contributed by atoms with E-state index in [4.69, 9.17) is 11.6 Å². The molecule has 5 heteroatoms. The van der Waals surface area contributed by atoms with E-state index in [2.05, 4.69) is 5.32 Å². The van der Waals surface area contributed by atoms with Gasteiger partial charge in [-0.05, 0) is 18.2 Å². The van der Waals surface area contributed by atoms with Crippen molar-refractivity contribution in [2.75, 3.05) is 5.32 Å². The van der Waals surface area contributed by atoms with Crippen LogP contribution in [-0.2, 0) is 4.79 Å². The van der Waals surface area contributed by atoms with Crippen molar-refractivity contribution in [1.82, 2.24) is 0 Å². The fourth-order valence-electron chi connectivity index (χ4n) is 1.75. The van der Waals surface area contributed by atoms with E-state index in [9.17, 15) is 9.59 Å². The first-order chi connectivity index (χ1) is 9.08. The topological polar surface area (TPSA) is 46.2 Å². The number of rotatable bonds is 3. The summed E-state index contributed by atoms with van der Waals surface area (Å²) in [6.07, 6.45) is 0. The van der Waals surface area contributed by atoms with Gasteiger partial charge in [0.05, 0.1) is 5.69 Å². The predicted octanol–water partition coefficient (Wildman–Crippen LogP) is 3.95. The predicted molar refractivity (Wildman–Crippen MR) is 82.9 cm³/mol. The Labute approximate surface area is 128 Å². The summed E-state index contributed by atoms with van der Waals surface area (Å²) in [5.74, 6) is -0.406. The summed E-state index contributed by atoms with van der Waals surface area (Å²) in [6.45, 7) is 1.39. The zero-order valence-corrected chi connectivity index (χ0v) is 12.3. The fourth-order valence-corrected chi connectivity index (χ4v) is 1.92. The van der Waals surface area contributed by atoms with Gasteiger partial charge in [-0.15, -0.1) is 12.4 Å². The van der Waals surface area contributed by atoms with Crippen molar-refractivity contribution in [2.45, 2.75) is 6.92 Å². The van der Waals surface area contributed by atoms with Crippen LogP contribution < -0.4 is 5.32 Å². The Hall–Kier alpha value is -1.84. The lowest BCUT2D eigenvalue weighted by Gasteiger charge is -2.09. The van der Waals surface area contributed by atoms with Crippen LogP contribution in [0, 0.1) is 0 Å². The van der Waals surface area contributed by atoms with E-state index in [-0.39, 0.29) is 24.1 Å². The van der Waals surface area contributed by atoms with Crippen LogP contribution in [0.4, 0.5) is 5.69 Å².